The van der Waals surface area contributed by atoms with Crippen LogP contribution in [-0.4, -0.2) is 42.7 Å². The fourth-order valence-corrected chi connectivity index (χ4v) is 3.28. The second kappa shape index (κ2) is 11.2. The second-order valence-corrected chi connectivity index (χ2v) is 7.97. The van der Waals surface area contributed by atoms with Crippen molar-refractivity contribution in [1.29, 1.82) is 5.26 Å². The number of alkyl halides is 5. The fraction of sp³-hybridized carbons (Fsp3) is 0.435. The first-order valence-corrected chi connectivity index (χ1v) is 10.4. The monoisotopic (exact) mass is 484 g/mol. The molecule has 1 aromatic heterocycles. The minimum atomic E-state index is -5.87. The summed E-state index contributed by atoms with van der Waals surface area (Å²) in [4.78, 5) is 16.6. The molecule has 0 aliphatic rings. The van der Waals surface area contributed by atoms with Crippen LogP contribution in [0.2, 0.25) is 0 Å². The quantitative estimate of drug-likeness (QED) is 0.379. The van der Waals surface area contributed by atoms with Crippen molar-refractivity contribution in [3.8, 4) is 23.2 Å². The molecule has 184 valence electrons. The molecular weight excluding hydrogens is 459 g/mol. The molecular formula is C23H25F5N4O2. The van der Waals surface area contributed by atoms with Gasteiger partial charge in [-0.2, -0.15) is 27.2 Å². The molecule has 0 saturated heterocycles. The third kappa shape index (κ3) is 6.63. The first-order valence-electron chi connectivity index (χ1n) is 10.4. The van der Waals surface area contributed by atoms with Crippen molar-refractivity contribution in [2.45, 2.75) is 44.5 Å². The van der Waals surface area contributed by atoms with E-state index in [4.69, 9.17) is 10.00 Å². The summed E-state index contributed by atoms with van der Waals surface area (Å²) in [5.74, 6) is -5.92. The van der Waals surface area contributed by atoms with Crippen molar-refractivity contribution in [2.75, 3.05) is 13.7 Å². The van der Waals surface area contributed by atoms with E-state index in [1.165, 1.54) is 19.2 Å². The number of hydrogen-bond donors (Lipinski definition) is 2. The summed E-state index contributed by atoms with van der Waals surface area (Å²) < 4.78 is 74.3. The molecule has 0 radical (unpaired) electrons. The van der Waals surface area contributed by atoms with Gasteiger partial charge in [0.15, 0.2) is 0 Å². The highest BCUT2D eigenvalue weighted by Crippen LogP contribution is 2.45. The molecule has 0 aliphatic carbocycles. The maximum absolute atomic E-state index is 14.6. The predicted molar refractivity (Wildman–Crippen MR) is 115 cm³/mol. The van der Waals surface area contributed by atoms with Gasteiger partial charge in [0.05, 0.1) is 24.9 Å². The number of methoxy groups -OCH3 is 1. The normalized spacial score (nSPS) is 13.8. The van der Waals surface area contributed by atoms with E-state index in [0.717, 1.165) is 12.1 Å². The Labute approximate surface area is 194 Å². The minimum absolute atomic E-state index is 0.0203. The molecule has 11 heteroatoms. The van der Waals surface area contributed by atoms with Crippen LogP contribution < -0.4 is 15.4 Å². The summed E-state index contributed by atoms with van der Waals surface area (Å²) in [6.45, 7) is 2.98. The Morgan fingerprint density at radius 3 is 2.29 bits per heavy atom. The van der Waals surface area contributed by atoms with Gasteiger partial charge in [0, 0.05) is 11.6 Å². The van der Waals surface area contributed by atoms with Gasteiger partial charge >= 0.3 is 12.1 Å². The topological polar surface area (TPSA) is 87.0 Å². The van der Waals surface area contributed by atoms with Gasteiger partial charge in [0.1, 0.15) is 12.6 Å². The number of benzene rings is 1. The number of carbonyl (C=O) groups excluding carboxylic acids is 1. The first-order chi connectivity index (χ1) is 15.9. The molecule has 1 amide bonds. The van der Waals surface area contributed by atoms with Crippen LogP contribution in [0.3, 0.4) is 0 Å². The lowest BCUT2D eigenvalue weighted by atomic mass is 9.95. The van der Waals surface area contributed by atoms with Gasteiger partial charge in [-0.25, -0.2) is 4.98 Å². The molecule has 34 heavy (non-hydrogen) atoms. The smallest absolute Gasteiger partial charge is 0.455 e. The third-order valence-corrected chi connectivity index (χ3v) is 4.95. The van der Waals surface area contributed by atoms with Crippen molar-refractivity contribution < 1.29 is 31.5 Å². The highest BCUT2D eigenvalue weighted by molar-refractivity contribution is 5.82. The van der Waals surface area contributed by atoms with Gasteiger partial charge in [-0.3, -0.25) is 10.1 Å². The van der Waals surface area contributed by atoms with Crippen molar-refractivity contribution >= 4 is 5.91 Å². The van der Waals surface area contributed by atoms with E-state index >= 15 is 0 Å². The van der Waals surface area contributed by atoms with Crippen LogP contribution in [0.15, 0.2) is 42.5 Å². The standard InChI is InChI=1S/C23H25F5N4O2/c1-14(2)13-18(21(33)30-12-11-29)32-20(22(24,25)23(26,27)28)16-9-7-15(8-10-16)17-5-4-6-19(31-17)34-3/h4-10,14,18,20,32H,12-13H2,1-3H3,(H,30,33)/t18-,20-/m0/s1. The molecule has 2 N–H and O–H groups in total. The van der Waals surface area contributed by atoms with E-state index in [9.17, 15) is 26.7 Å². The van der Waals surface area contributed by atoms with Crippen molar-refractivity contribution in [3.05, 3.63) is 48.0 Å². The summed E-state index contributed by atoms with van der Waals surface area (Å²) >= 11 is 0. The number of ether oxygens (including phenoxy) is 1. The highest BCUT2D eigenvalue weighted by atomic mass is 19.4. The molecule has 2 rings (SSSR count). The van der Waals surface area contributed by atoms with Gasteiger partial charge < -0.3 is 10.1 Å². The number of amides is 1. The summed E-state index contributed by atoms with van der Waals surface area (Å²) in [5, 5.41) is 13.1. The third-order valence-electron chi connectivity index (χ3n) is 4.95. The number of nitrogens with zero attached hydrogens (tertiary/aromatic N) is 2. The van der Waals surface area contributed by atoms with Gasteiger partial charge in [-0.1, -0.05) is 44.2 Å². The van der Waals surface area contributed by atoms with E-state index in [1.54, 1.807) is 38.1 Å². The molecule has 0 saturated carbocycles. The Balaban J connectivity index is 2.45. The molecule has 1 aromatic carbocycles. The van der Waals surface area contributed by atoms with Crippen molar-refractivity contribution in [3.63, 3.8) is 0 Å². The van der Waals surface area contributed by atoms with Crippen LogP contribution >= 0.6 is 0 Å². The number of halogens is 5. The van der Waals surface area contributed by atoms with Gasteiger partial charge in [0.2, 0.25) is 11.8 Å². The van der Waals surface area contributed by atoms with Crippen LogP contribution in [0, 0.1) is 17.2 Å². The zero-order valence-corrected chi connectivity index (χ0v) is 18.8. The van der Waals surface area contributed by atoms with E-state index < -0.39 is 36.6 Å². The lowest BCUT2D eigenvalue weighted by molar-refractivity contribution is -0.295. The predicted octanol–water partition coefficient (Wildman–Crippen LogP) is 4.64. The Morgan fingerprint density at radius 1 is 1.12 bits per heavy atom. The van der Waals surface area contributed by atoms with E-state index in [1.807, 2.05) is 0 Å². The molecule has 2 atom stereocenters. The molecule has 1 heterocycles. The van der Waals surface area contributed by atoms with Crippen LogP contribution in [-0.2, 0) is 4.79 Å². The van der Waals surface area contributed by atoms with Gasteiger partial charge in [0.25, 0.3) is 0 Å². The molecule has 0 aliphatic heterocycles. The molecule has 0 bridgehead atoms. The average molecular weight is 484 g/mol. The maximum Gasteiger partial charge on any atom is 0.455 e. The molecule has 0 spiro atoms. The first kappa shape index (κ1) is 27.0. The summed E-state index contributed by atoms with van der Waals surface area (Å²) in [5.41, 5.74) is 0.546. The molecule has 6 nitrogen and oxygen atoms in total. The maximum atomic E-state index is 14.6. The number of pyridine rings is 1. The summed E-state index contributed by atoms with van der Waals surface area (Å²) in [6.07, 6.45) is -5.89. The van der Waals surface area contributed by atoms with Crippen LogP contribution in [0.4, 0.5) is 22.0 Å². The molecule has 0 unspecified atom stereocenters. The number of aromatic nitrogens is 1. The zero-order valence-electron chi connectivity index (χ0n) is 18.8. The SMILES string of the molecule is COc1cccc(-c2ccc([C@H](N[C@@H](CC(C)C)C(=O)NCC#N)C(F)(F)C(F)(F)F)cc2)n1. The van der Waals surface area contributed by atoms with Crippen LogP contribution in [0.25, 0.3) is 11.3 Å². The van der Waals surface area contributed by atoms with Crippen LogP contribution in [0.5, 0.6) is 5.88 Å². The number of nitrogens with one attached hydrogen (secondary N) is 2. The molecule has 0 fully saturated rings. The Morgan fingerprint density at radius 2 is 1.76 bits per heavy atom. The second-order valence-electron chi connectivity index (χ2n) is 7.97. The van der Waals surface area contributed by atoms with Gasteiger partial charge in [-0.15, -0.1) is 0 Å². The minimum Gasteiger partial charge on any atom is -0.481 e. The highest BCUT2D eigenvalue weighted by Gasteiger charge is 2.63. The van der Waals surface area contributed by atoms with E-state index in [0.29, 0.717) is 17.1 Å². The lowest BCUT2D eigenvalue weighted by Crippen LogP contribution is -2.54. The fourth-order valence-electron chi connectivity index (χ4n) is 3.28. The number of rotatable bonds is 10. The average Bonchev–Trinajstić information content (AvgIpc) is 2.79. The summed E-state index contributed by atoms with van der Waals surface area (Å²) in [6, 6.07) is 7.64. The number of hydrogen-bond acceptors (Lipinski definition) is 5. The van der Waals surface area contributed by atoms with Crippen molar-refractivity contribution in [1.82, 2.24) is 15.6 Å². The van der Waals surface area contributed by atoms with Crippen LogP contribution in [0.1, 0.15) is 31.9 Å². The van der Waals surface area contributed by atoms with Crippen molar-refractivity contribution in [2.24, 2.45) is 5.92 Å². The Hall–Kier alpha value is -3.26. The number of nitriles is 1. The Kier molecular flexibility index (Phi) is 8.93. The number of carbonyl (C=O) groups is 1. The van der Waals surface area contributed by atoms with E-state index in [2.05, 4.69) is 15.6 Å². The van der Waals surface area contributed by atoms with Gasteiger partial charge in [-0.05, 0) is 24.0 Å². The lowest BCUT2D eigenvalue weighted by Gasteiger charge is -2.33. The van der Waals surface area contributed by atoms with E-state index in [-0.39, 0.29) is 17.9 Å². The zero-order chi connectivity index (χ0) is 25.5. The Bertz CT molecular complexity index is 1000. The molecule has 2 aromatic rings. The largest absolute Gasteiger partial charge is 0.481 e. The summed E-state index contributed by atoms with van der Waals surface area (Å²) in [7, 11) is 1.42.